The first kappa shape index (κ1) is 24.6. The average molecular weight is 546 g/mol. The van der Waals surface area contributed by atoms with E-state index in [-0.39, 0.29) is 5.41 Å². The lowest BCUT2D eigenvalue weighted by Crippen LogP contribution is -2.13. The Kier molecular flexibility index (Phi) is 5.23. The summed E-state index contributed by atoms with van der Waals surface area (Å²) in [5, 5.41) is 4.80. The van der Waals surface area contributed by atoms with Crippen LogP contribution in [0.5, 0.6) is 0 Å². The molecule has 0 fully saturated rings. The molecule has 5 nitrogen and oxygen atoms in total. The van der Waals surface area contributed by atoms with Gasteiger partial charge in [-0.25, -0.2) is 9.97 Å². The summed E-state index contributed by atoms with van der Waals surface area (Å²) >= 11 is 0. The summed E-state index contributed by atoms with van der Waals surface area (Å²) < 4.78 is 6.63. The van der Waals surface area contributed by atoms with E-state index in [4.69, 9.17) is 9.97 Å². The van der Waals surface area contributed by atoms with Crippen LogP contribution in [0.3, 0.4) is 0 Å². The molecule has 5 heteroatoms. The van der Waals surface area contributed by atoms with E-state index in [0.29, 0.717) is 0 Å². The molecule has 0 saturated heterocycles. The second kappa shape index (κ2) is 8.92. The van der Waals surface area contributed by atoms with Gasteiger partial charge in [-0.05, 0) is 46.4 Å². The van der Waals surface area contributed by atoms with Crippen LogP contribution in [0.4, 0.5) is 0 Å². The Bertz CT molecular complexity index is 2290. The average Bonchev–Trinajstić information content (AvgIpc) is 3.67. The molecule has 0 aliphatic rings. The van der Waals surface area contributed by atoms with E-state index in [9.17, 15) is 0 Å². The summed E-state index contributed by atoms with van der Waals surface area (Å²) in [6.45, 7) is 6.95. The molecule has 0 atom stereocenters. The van der Waals surface area contributed by atoms with E-state index in [0.717, 1.165) is 34.0 Å². The van der Waals surface area contributed by atoms with Gasteiger partial charge in [-0.2, -0.15) is 0 Å². The maximum atomic E-state index is 5.57. The first-order valence-corrected chi connectivity index (χ1v) is 14.4. The van der Waals surface area contributed by atoms with Gasteiger partial charge in [-0.15, -0.1) is 0 Å². The molecule has 0 unspecified atom stereocenters. The normalized spacial score (nSPS) is 12.3. The number of benzene rings is 4. The molecule has 0 aliphatic heterocycles. The van der Waals surface area contributed by atoms with E-state index >= 15 is 0 Å². The summed E-state index contributed by atoms with van der Waals surface area (Å²) in [6.07, 6.45) is 3.84. The van der Waals surface area contributed by atoms with Crippen molar-refractivity contribution in [2.75, 3.05) is 0 Å². The molecule has 0 amide bonds. The Labute approximate surface area is 244 Å². The van der Waals surface area contributed by atoms with E-state index in [1.54, 1.807) is 0 Å². The van der Waals surface area contributed by atoms with Crippen LogP contribution in [-0.4, -0.2) is 23.7 Å². The van der Waals surface area contributed by atoms with Crippen LogP contribution in [0.15, 0.2) is 116 Å². The van der Waals surface area contributed by atoms with E-state index < -0.39 is 0 Å². The van der Waals surface area contributed by atoms with Crippen molar-refractivity contribution in [1.82, 2.24) is 23.7 Å². The van der Waals surface area contributed by atoms with Gasteiger partial charge >= 0.3 is 0 Å². The van der Waals surface area contributed by atoms with Crippen LogP contribution >= 0.6 is 0 Å². The van der Waals surface area contributed by atoms with Crippen LogP contribution in [0.1, 0.15) is 26.3 Å². The number of aryl methyl sites for hydroxylation is 1. The van der Waals surface area contributed by atoms with Crippen LogP contribution in [0, 0.1) is 0 Å². The molecule has 0 radical (unpaired) electrons. The monoisotopic (exact) mass is 545 g/mol. The lowest BCUT2D eigenvalue weighted by atomic mass is 9.82. The predicted molar refractivity (Wildman–Crippen MR) is 174 cm³/mol. The highest BCUT2D eigenvalue weighted by atomic mass is 15.2. The van der Waals surface area contributed by atoms with Gasteiger partial charge in [0.2, 0.25) is 5.95 Å². The molecule has 0 bridgehead atoms. The van der Waals surface area contributed by atoms with Crippen LogP contribution in [-0.2, 0) is 12.5 Å². The number of rotatable bonds is 3. The van der Waals surface area contributed by atoms with Crippen LogP contribution in [0.25, 0.3) is 66.6 Å². The topological polar surface area (TPSA) is 40.6 Å². The lowest BCUT2D eigenvalue weighted by Gasteiger charge is -2.22. The number of hydrogen-bond acceptors (Lipinski definition) is 2. The number of hydrogen-bond donors (Lipinski definition) is 0. The van der Waals surface area contributed by atoms with Crippen molar-refractivity contribution < 1.29 is 0 Å². The second-order valence-corrected chi connectivity index (χ2v) is 12.1. The van der Waals surface area contributed by atoms with Gasteiger partial charge in [0.05, 0.1) is 11.0 Å². The molecule has 4 aromatic carbocycles. The fourth-order valence-corrected chi connectivity index (χ4v) is 6.63. The SMILES string of the molecule is Cn1ccnc1-n1c2ccccc2c2c(C(C)(C)C)c3c4ccccc4n(-c4cccc(-c5ccccc5)c4)c3nc21. The molecule has 204 valence electrons. The Hall–Kier alpha value is -5.16. The Balaban J connectivity index is 1.59. The zero-order chi connectivity index (χ0) is 28.6. The predicted octanol–water partition coefficient (Wildman–Crippen LogP) is 8.97. The minimum Gasteiger partial charge on any atom is -0.320 e. The largest absolute Gasteiger partial charge is 0.320 e. The van der Waals surface area contributed by atoms with Crippen LogP contribution < -0.4 is 0 Å². The highest BCUT2D eigenvalue weighted by Crippen LogP contribution is 2.45. The molecule has 0 aliphatic carbocycles. The van der Waals surface area contributed by atoms with Gasteiger partial charge in [0.25, 0.3) is 0 Å². The van der Waals surface area contributed by atoms with E-state index in [1.165, 1.54) is 38.2 Å². The summed E-state index contributed by atoms with van der Waals surface area (Å²) in [6, 6.07) is 36.7. The van der Waals surface area contributed by atoms with Gasteiger partial charge in [-0.3, -0.25) is 9.13 Å². The molecule has 0 spiro atoms. The van der Waals surface area contributed by atoms with E-state index in [1.807, 2.05) is 19.4 Å². The summed E-state index contributed by atoms with van der Waals surface area (Å²) in [7, 11) is 2.04. The summed E-state index contributed by atoms with van der Waals surface area (Å²) in [4.78, 5) is 10.4. The standard InChI is InChI=1S/C37H31N5/c1-37(2,3)33-31-27-17-8-10-19-29(27)41(26-16-12-15-25(23-26)24-13-6-5-7-14-24)34(31)39-35-32(33)28-18-9-11-20-30(28)42(35)36-38-21-22-40(36)4/h5-23H,1-4H3. The molecule has 0 saturated carbocycles. The smallest absolute Gasteiger partial charge is 0.215 e. The number of nitrogens with zero attached hydrogens (tertiary/aromatic N) is 5. The number of imidazole rings is 1. The fraction of sp³-hybridized carbons (Fsp3) is 0.135. The Morgan fingerprint density at radius 3 is 1.86 bits per heavy atom. The minimum atomic E-state index is -0.156. The highest BCUT2D eigenvalue weighted by molar-refractivity contribution is 6.20. The number of fused-ring (bicyclic) bond motifs is 6. The fourth-order valence-electron chi connectivity index (χ4n) is 6.63. The Morgan fingerprint density at radius 2 is 1.21 bits per heavy atom. The lowest BCUT2D eigenvalue weighted by molar-refractivity contribution is 0.601. The number of pyridine rings is 1. The van der Waals surface area contributed by atoms with Crippen molar-refractivity contribution in [3.63, 3.8) is 0 Å². The van der Waals surface area contributed by atoms with Crippen molar-refractivity contribution in [3.05, 3.63) is 121 Å². The molecular formula is C37H31N5. The second-order valence-electron chi connectivity index (χ2n) is 12.1. The van der Waals surface area contributed by atoms with Gasteiger partial charge < -0.3 is 4.57 Å². The quantitative estimate of drug-likeness (QED) is 0.222. The third-order valence-corrected chi connectivity index (χ3v) is 8.37. The molecule has 8 aromatic rings. The first-order valence-electron chi connectivity index (χ1n) is 14.4. The molecular weight excluding hydrogens is 514 g/mol. The zero-order valence-electron chi connectivity index (χ0n) is 24.2. The molecule has 4 heterocycles. The number of para-hydroxylation sites is 2. The van der Waals surface area contributed by atoms with Crippen molar-refractivity contribution in [2.24, 2.45) is 7.05 Å². The maximum absolute atomic E-state index is 5.57. The van der Waals surface area contributed by atoms with Gasteiger partial charge in [0, 0.05) is 46.7 Å². The van der Waals surface area contributed by atoms with Crippen molar-refractivity contribution in [1.29, 1.82) is 0 Å². The highest BCUT2D eigenvalue weighted by Gasteiger charge is 2.30. The molecule has 8 rings (SSSR count). The third kappa shape index (κ3) is 3.50. The summed E-state index contributed by atoms with van der Waals surface area (Å²) in [5.74, 6) is 0.849. The Morgan fingerprint density at radius 1 is 0.619 bits per heavy atom. The third-order valence-electron chi connectivity index (χ3n) is 8.37. The van der Waals surface area contributed by atoms with E-state index in [2.05, 4.69) is 138 Å². The minimum absolute atomic E-state index is 0.156. The molecule has 42 heavy (non-hydrogen) atoms. The first-order chi connectivity index (χ1) is 20.4. The molecule has 0 N–H and O–H groups in total. The van der Waals surface area contributed by atoms with Gasteiger partial charge in [0.15, 0.2) is 5.65 Å². The van der Waals surface area contributed by atoms with Crippen molar-refractivity contribution >= 4 is 43.9 Å². The number of aromatic nitrogens is 5. The zero-order valence-corrected chi connectivity index (χ0v) is 24.2. The summed E-state index contributed by atoms with van der Waals surface area (Å²) in [5.41, 5.74) is 8.75. The molecule has 4 aromatic heterocycles. The van der Waals surface area contributed by atoms with Crippen molar-refractivity contribution in [2.45, 2.75) is 26.2 Å². The van der Waals surface area contributed by atoms with Crippen molar-refractivity contribution in [3.8, 4) is 22.8 Å². The van der Waals surface area contributed by atoms with Gasteiger partial charge in [0.1, 0.15) is 5.65 Å². The van der Waals surface area contributed by atoms with Crippen LogP contribution in [0.2, 0.25) is 0 Å². The maximum Gasteiger partial charge on any atom is 0.215 e. The van der Waals surface area contributed by atoms with Gasteiger partial charge in [-0.1, -0.05) is 99.6 Å².